The highest BCUT2D eigenvalue weighted by molar-refractivity contribution is 5.85. The molecule has 0 bridgehead atoms. The van der Waals surface area contributed by atoms with E-state index in [4.69, 9.17) is 0 Å². The van der Waals surface area contributed by atoms with Gasteiger partial charge in [0.2, 0.25) is 5.91 Å². The monoisotopic (exact) mass is 311 g/mol. The SMILES string of the molecule is Cc1cccc(C(NC(=O)CCc2ccccc2)C(=O)O)c1C. The summed E-state index contributed by atoms with van der Waals surface area (Å²) in [6, 6.07) is 14.1. The number of amides is 1. The van der Waals surface area contributed by atoms with Crippen LogP contribution in [0.15, 0.2) is 48.5 Å². The summed E-state index contributed by atoms with van der Waals surface area (Å²) in [5.74, 6) is -1.31. The van der Waals surface area contributed by atoms with Crippen LogP contribution in [0.4, 0.5) is 0 Å². The number of benzene rings is 2. The molecule has 2 rings (SSSR count). The van der Waals surface area contributed by atoms with Gasteiger partial charge in [-0.15, -0.1) is 0 Å². The molecule has 0 radical (unpaired) electrons. The van der Waals surface area contributed by atoms with E-state index in [-0.39, 0.29) is 12.3 Å². The Kier molecular flexibility index (Phi) is 5.52. The van der Waals surface area contributed by atoms with Gasteiger partial charge in [0.05, 0.1) is 0 Å². The molecule has 0 saturated carbocycles. The van der Waals surface area contributed by atoms with Crippen LogP contribution in [0.25, 0.3) is 0 Å². The van der Waals surface area contributed by atoms with Crippen molar-refractivity contribution in [2.75, 3.05) is 0 Å². The number of nitrogens with one attached hydrogen (secondary N) is 1. The molecule has 0 spiro atoms. The zero-order valence-corrected chi connectivity index (χ0v) is 13.4. The molecule has 1 amide bonds. The van der Waals surface area contributed by atoms with Crippen LogP contribution in [0.1, 0.15) is 34.7 Å². The normalized spacial score (nSPS) is 11.7. The van der Waals surface area contributed by atoms with Gasteiger partial charge in [-0.2, -0.15) is 0 Å². The molecule has 0 aliphatic carbocycles. The predicted molar refractivity (Wildman–Crippen MR) is 89.2 cm³/mol. The van der Waals surface area contributed by atoms with Crippen molar-refractivity contribution in [1.82, 2.24) is 5.32 Å². The van der Waals surface area contributed by atoms with E-state index in [9.17, 15) is 14.7 Å². The average molecular weight is 311 g/mol. The van der Waals surface area contributed by atoms with Crippen LogP contribution >= 0.6 is 0 Å². The fraction of sp³-hybridized carbons (Fsp3) is 0.263. The quantitative estimate of drug-likeness (QED) is 0.861. The topological polar surface area (TPSA) is 66.4 Å². The van der Waals surface area contributed by atoms with Crippen LogP contribution in [-0.2, 0) is 16.0 Å². The Labute approximate surface area is 136 Å². The van der Waals surface area contributed by atoms with E-state index in [1.165, 1.54) is 0 Å². The van der Waals surface area contributed by atoms with Gasteiger partial charge in [-0.05, 0) is 42.5 Å². The molecule has 0 aliphatic rings. The number of rotatable bonds is 6. The highest BCUT2D eigenvalue weighted by atomic mass is 16.4. The Morgan fingerprint density at radius 2 is 1.74 bits per heavy atom. The third kappa shape index (κ3) is 4.42. The van der Waals surface area contributed by atoms with Crippen molar-refractivity contribution in [2.45, 2.75) is 32.7 Å². The molecule has 0 aliphatic heterocycles. The van der Waals surface area contributed by atoms with E-state index in [2.05, 4.69) is 5.32 Å². The third-order valence-corrected chi connectivity index (χ3v) is 3.99. The average Bonchev–Trinajstić information content (AvgIpc) is 2.54. The molecular formula is C19H21NO3. The summed E-state index contributed by atoms with van der Waals surface area (Å²) in [5, 5.41) is 12.1. The Bertz CT molecular complexity index is 695. The maximum absolute atomic E-state index is 12.1. The summed E-state index contributed by atoms with van der Waals surface area (Å²) < 4.78 is 0. The van der Waals surface area contributed by atoms with Gasteiger partial charge in [-0.1, -0.05) is 48.5 Å². The first-order chi connectivity index (χ1) is 11.0. The van der Waals surface area contributed by atoms with Gasteiger partial charge in [0.15, 0.2) is 6.04 Å². The van der Waals surface area contributed by atoms with Gasteiger partial charge < -0.3 is 10.4 Å². The summed E-state index contributed by atoms with van der Waals surface area (Å²) in [7, 11) is 0. The second kappa shape index (κ2) is 7.58. The van der Waals surface area contributed by atoms with Crippen molar-refractivity contribution in [3.8, 4) is 0 Å². The lowest BCUT2D eigenvalue weighted by atomic mass is 9.97. The molecule has 23 heavy (non-hydrogen) atoms. The van der Waals surface area contributed by atoms with Gasteiger partial charge in [0, 0.05) is 6.42 Å². The number of hydrogen-bond acceptors (Lipinski definition) is 2. The van der Waals surface area contributed by atoms with Crippen molar-refractivity contribution < 1.29 is 14.7 Å². The Balaban J connectivity index is 2.06. The zero-order valence-electron chi connectivity index (χ0n) is 13.4. The van der Waals surface area contributed by atoms with Crippen molar-refractivity contribution in [3.63, 3.8) is 0 Å². The van der Waals surface area contributed by atoms with Crippen molar-refractivity contribution in [3.05, 3.63) is 70.8 Å². The number of aliphatic carboxylic acids is 1. The van der Waals surface area contributed by atoms with Crippen molar-refractivity contribution in [1.29, 1.82) is 0 Å². The molecule has 4 heteroatoms. The smallest absolute Gasteiger partial charge is 0.330 e. The Morgan fingerprint density at radius 1 is 1.04 bits per heavy atom. The van der Waals surface area contributed by atoms with E-state index >= 15 is 0 Å². The molecule has 1 unspecified atom stereocenters. The molecule has 0 heterocycles. The van der Waals surface area contributed by atoms with Crippen LogP contribution in [-0.4, -0.2) is 17.0 Å². The van der Waals surface area contributed by atoms with Gasteiger partial charge in [-0.3, -0.25) is 4.79 Å². The molecular weight excluding hydrogens is 290 g/mol. The maximum Gasteiger partial charge on any atom is 0.330 e. The maximum atomic E-state index is 12.1. The van der Waals surface area contributed by atoms with Crippen LogP contribution in [0.3, 0.4) is 0 Å². The van der Waals surface area contributed by atoms with E-state index in [0.717, 1.165) is 16.7 Å². The van der Waals surface area contributed by atoms with Gasteiger partial charge >= 0.3 is 5.97 Å². The van der Waals surface area contributed by atoms with E-state index in [1.807, 2.05) is 56.3 Å². The fourth-order valence-electron chi connectivity index (χ4n) is 2.49. The minimum Gasteiger partial charge on any atom is -0.479 e. The summed E-state index contributed by atoms with van der Waals surface area (Å²) >= 11 is 0. The minimum atomic E-state index is -1.05. The molecule has 0 saturated heterocycles. The molecule has 2 aromatic rings. The largest absolute Gasteiger partial charge is 0.479 e. The number of carboxylic acids is 1. The summed E-state index contributed by atoms with van der Waals surface area (Å²) in [4.78, 5) is 23.7. The number of aryl methyl sites for hydroxylation is 2. The first kappa shape index (κ1) is 16.7. The lowest BCUT2D eigenvalue weighted by Crippen LogP contribution is -2.34. The second-order valence-electron chi connectivity index (χ2n) is 5.61. The zero-order chi connectivity index (χ0) is 16.8. The first-order valence-corrected chi connectivity index (χ1v) is 7.61. The lowest BCUT2D eigenvalue weighted by Gasteiger charge is -2.18. The Morgan fingerprint density at radius 3 is 2.39 bits per heavy atom. The number of carbonyl (C=O) groups excluding carboxylic acids is 1. The molecule has 2 N–H and O–H groups in total. The van der Waals surface area contributed by atoms with Gasteiger partial charge in [0.25, 0.3) is 0 Å². The number of carbonyl (C=O) groups is 2. The molecule has 2 aromatic carbocycles. The Hall–Kier alpha value is -2.62. The standard InChI is InChI=1S/C19H21NO3/c1-13-7-6-10-16(14(13)2)18(19(22)23)20-17(21)12-11-15-8-4-3-5-9-15/h3-10,18H,11-12H2,1-2H3,(H,20,21)(H,22,23). The van der Waals surface area contributed by atoms with Crippen LogP contribution in [0.5, 0.6) is 0 Å². The van der Waals surface area contributed by atoms with Crippen LogP contribution in [0, 0.1) is 13.8 Å². The fourth-order valence-corrected chi connectivity index (χ4v) is 2.49. The number of carboxylic acid groups (broad SMARTS) is 1. The van der Waals surface area contributed by atoms with E-state index < -0.39 is 12.0 Å². The van der Waals surface area contributed by atoms with Crippen LogP contribution in [0.2, 0.25) is 0 Å². The molecule has 0 aromatic heterocycles. The lowest BCUT2D eigenvalue weighted by molar-refractivity contribution is -0.142. The predicted octanol–water partition coefficient (Wildman–Crippen LogP) is 3.18. The highest BCUT2D eigenvalue weighted by Gasteiger charge is 2.23. The molecule has 1 atom stereocenters. The van der Waals surface area contributed by atoms with Crippen LogP contribution < -0.4 is 5.32 Å². The minimum absolute atomic E-state index is 0.262. The third-order valence-electron chi connectivity index (χ3n) is 3.99. The second-order valence-corrected chi connectivity index (χ2v) is 5.61. The summed E-state index contributed by atoms with van der Waals surface area (Å²) in [6.07, 6.45) is 0.852. The first-order valence-electron chi connectivity index (χ1n) is 7.61. The summed E-state index contributed by atoms with van der Waals surface area (Å²) in [5.41, 5.74) is 3.59. The van der Waals surface area contributed by atoms with Crippen molar-refractivity contribution >= 4 is 11.9 Å². The molecule has 120 valence electrons. The molecule has 4 nitrogen and oxygen atoms in total. The highest BCUT2D eigenvalue weighted by Crippen LogP contribution is 2.21. The van der Waals surface area contributed by atoms with Gasteiger partial charge in [-0.25, -0.2) is 4.79 Å². The molecule has 0 fully saturated rings. The summed E-state index contributed by atoms with van der Waals surface area (Å²) in [6.45, 7) is 3.80. The number of hydrogen-bond donors (Lipinski definition) is 2. The van der Waals surface area contributed by atoms with Gasteiger partial charge in [0.1, 0.15) is 0 Å². The van der Waals surface area contributed by atoms with E-state index in [0.29, 0.717) is 12.0 Å². The van der Waals surface area contributed by atoms with Crippen molar-refractivity contribution in [2.24, 2.45) is 0 Å². The van der Waals surface area contributed by atoms with E-state index in [1.54, 1.807) is 6.07 Å².